The lowest BCUT2D eigenvalue weighted by atomic mass is 10.0. The number of hydrogen-bond donors (Lipinski definition) is 3. The number of carbonyl (C=O) groups excluding carboxylic acids is 1. The van der Waals surface area contributed by atoms with Gasteiger partial charge in [0.25, 0.3) is 0 Å². The van der Waals surface area contributed by atoms with Crippen molar-refractivity contribution in [3.05, 3.63) is 29.6 Å². The number of anilines is 1. The highest BCUT2D eigenvalue weighted by Gasteiger charge is 2.22. The molecule has 1 unspecified atom stereocenters. The SMILES string of the molecule is CCC(O)N[C@H](Cc1ccc(N)c(F)c1)C(=O)OC. The molecule has 0 aliphatic carbocycles. The molecule has 0 heterocycles. The van der Waals surface area contributed by atoms with E-state index in [0.717, 1.165) is 0 Å². The summed E-state index contributed by atoms with van der Waals surface area (Å²) < 4.78 is 18.0. The third kappa shape index (κ3) is 4.50. The van der Waals surface area contributed by atoms with Gasteiger partial charge in [-0.3, -0.25) is 10.1 Å². The molecule has 5 nitrogen and oxygen atoms in total. The molecule has 4 N–H and O–H groups in total. The Kier molecular flexibility index (Phi) is 5.72. The fourth-order valence-corrected chi connectivity index (χ4v) is 1.64. The van der Waals surface area contributed by atoms with Crippen molar-refractivity contribution in [3.8, 4) is 0 Å². The normalized spacial score (nSPS) is 13.9. The molecular formula is C13H19FN2O3. The first-order valence-electron chi connectivity index (χ1n) is 6.03. The molecule has 19 heavy (non-hydrogen) atoms. The fraction of sp³-hybridized carbons (Fsp3) is 0.462. The molecule has 0 bridgehead atoms. The molecule has 0 radical (unpaired) electrons. The summed E-state index contributed by atoms with van der Waals surface area (Å²) in [6.45, 7) is 1.77. The molecule has 0 saturated carbocycles. The summed E-state index contributed by atoms with van der Waals surface area (Å²) in [6.07, 6.45) is -0.160. The molecule has 1 aromatic carbocycles. The van der Waals surface area contributed by atoms with Gasteiger partial charge < -0.3 is 15.6 Å². The van der Waals surface area contributed by atoms with Gasteiger partial charge in [-0.25, -0.2) is 4.39 Å². The standard InChI is InChI=1S/C13H19FN2O3/c1-3-12(17)16-11(13(18)19-2)7-8-4-5-10(15)9(14)6-8/h4-6,11-12,16-17H,3,7,15H2,1-2H3/t11-,12?/m1/s1. The predicted octanol–water partition coefficient (Wildman–Crippen LogP) is 0.810. The Morgan fingerprint density at radius 2 is 2.26 bits per heavy atom. The van der Waals surface area contributed by atoms with E-state index < -0.39 is 24.1 Å². The third-order valence-corrected chi connectivity index (χ3v) is 2.77. The fourth-order valence-electron chi connectivity index (χ4n) is 1.64. The van der Waals surface area contributed by atoms with E-state index in [9.17, 15) is 14.3 Å². The minimum absolute atomic E-state index is 0.0555. The summed E-state index contributed by atoms with van der Waals surface area (Å²) in [5, 5.41) is 12.3. The number of esters is 1. The number of nitrogens with two attached hydrogens (primary N) is 1. The Bertz CT molecular complexity index is 440. The van der Waals surface area contributed by atoms with Gasteiger partial charge in [-0.15, -0.1) is 0 Å². The molecule has 6 heteroatoms. The van der Waals surface area contributed by atoms with Crippen LogP contribution >= 0.6 is 0 Å². The molecule has 2 atom stereocenters. The molecule has 0 aromatic heterocycles. The maximum atomic E-state index is 13.3. The number of aliphatic hydroxyl groups excluding tert-OH is 1. The molecule has 1 aromatic rings. The Labute approximate surface area is 111 Å². The van der Waals surface area contributed by atoms with Gasteiger partial charge in [0.2, 0.25) is 0 Å². The molecular weight excluding hydrogens is 251 g/mol. The van der Waals surface area contributed by atoms with Crippen molar-refractivity contribution >= 4 is 11.7 Å². The van der Waals surface area contributed by atoms with Crippen molar-refractivity contribution in [2.75, 3.05) is 12.8 Å². The van der Waals surface area contributed by atoms with E-state index >= 15 is 0 Å². The monoisotopic (exact) mass is 270 g/mol. The van der Waals surface area contributed by atoms with Crippen LogP contribution in [-0.2, 0) is 16.0 Å². The van der Waals surface area contributed by atoms with E-state index in [1.807, 2.05) is 0 Å². The van der Waals surface area contributed by atoms with Gasteiger partial charge in [0.05, 0.1) is 12.8 Å². The minimum atomic E-state index is -0.817. The van der Waals surface area contributed by atoms with E-state index in [1.54, 1.807) is 13.0 Å². The first-order chi connectivity index (χ1) is 8.97. The molecule has 0 spiro atoms. The zero-order valence-corrected chi connectivity index (χ0v) is 11.0. The number of carbonyl (C=O) groups is 1. The van der Waals surface area contributed by atoms with Gasteiger partial charge in [0.15, 0.2) is 0 Å². The van der Waals surface area contributed by atoms with E-state index in [4.69, 9.17) is 5.73 Å². The lowest BCUT2D eigenvalue weighted by molar-refractivity contribution is -0.144. The predicted molar refractivity (Wildman–Crippen MR) is 69.8 cm³/mol. The third-order valence-electron chi connectivity index (χ3n) is 2.77. The van der Waals surface area contributed by atoms with Crippen molar-refractivity contribution in [2.24, 2.45) is 0 Å². The highest BCUT2D eigenvalue weighted by atomic mass is 19.1. The molecule has 0 aliphatic rings. The minimum Gasteiger partial charge on any atom is -0.468 e. The van der Waals surface area contributed by atoms with Crippen LogP contribution in [0.1, 0.15) is 18.9 Å². The van der Waals surface area contributed by atoms with Crippen molar-refractivity contribution < 1.29 is 19.0 Å². The van der Waals surface area contributed by atoms with Crippen LogP contribution in [0.4, 0.5) is 10.1 Å². The number of benzene rings is 1. The average molecular weight is 270 g/mol. The van der Waals surface area contributed by atoms with E-state index in [2.05, 4.69) is 10.1 Å². The van der Waals surface area contributed by atoms with Gasteiger partial charge in [-0.05, 0) is 30.5 Å². The quantitative estimate of drug-likeness (QED) is 0.405. The van der Waals surface area contributed by atoms with Gasteiger partial charge in [-0.2, -0.15) is 0 Å². The van der Waals surface area contributed by atoms with E-state index in [1.165, 1.54) is 19.2 Å². The lowest BCUT2D eigenvalue weighted by Crippen LogP contribution is -2.45. The number of hydrogen-bond acceptors (Lipinski definition) is 5. The van der Waals surface area contributed by atoms with Crippen LogP contribution in [0, 0.1) is 5.82 Å². The Balaban J connectivity index is 2.81. The maximum Gasteiger partial charge on any atom is 0.323 e. The topological polar surface area (TPSA) is 84.6 Å². The molecule has 106 valence electrons. The average Bonchev–Trinajstić information content (AvgIpc) is 2.41. The zero-order valence-electron chi connectivity index (χ0n) is 11.0. The van der Waals surface area contributed by atoms with Crippen molar-refractivity contribution in [2.45, 2.75) is 32.0 Å². The summed E-state index contributed by atoms with van der Waals surface area (Å²) >= 11 is 0. The number of rotatable bonds is 6. The molecule has 0 saturated heterocycles. The summed E-state index contributed by atoms with van der Waals surface area (Å²) in [5.74, 6) is -1.04. The Morgan fingerprint density at radius 3 is 2.79 bits per heavy atom. The van der Waals surface area contributed by atoms with Crippen LogP contribution in [-0.4, -0.2) is 30.5 Å². The van der Waals surface area contributed by atoms with Crippen molar-refractivity contribution in [3.63, 3.8) is 0 Å². The van der Waals surface area contributed by atoms with Crippen LogP contribution in [0.15, 0.2) is 18.2 Å². The zero-order chi connectivity index (χ0) is 14.4. The van der Waals surface area contributed by atoms with Crippen LogP contribution in [0.25, 0.3) is 0 Å². The van der Waals surface area contributed by atoms with Crippen LogP contribution in [0.2, 0.25) is 0 Å². The largest absolute Gasteiger partial charge is 0.468 e. The van der Waals surface area contributed by atoms with Gasteiger partial charge in [0.1, 0.15) is 18.1 Å². The maximum absolute atomic E-state index is 13.3. The Hall–Kier alpha value is -1.66. The molecule has 0 aliphatic heterocycles. The number of aliphatic hydroxyl groups is 1. The van der Waals surface area contributed by atoms with Crippen LogP contribution in [0.5, 0.6) is 0 Å². The van der Waals surface area contributed by atoms with Crippen molar-refractivity contribution in [1.82, 2.24) is 5.32 Å². The molecule has 0 amide bonds. The van der Waals surface area contributed by atoms with E-state index in [-0.39, 0.29) is 12.1 Å². The number of nitrogen functional groups attached to an aromatic ring is 1. The van der Waals surface area contributed by atoms with Gasteiger partial charge >= 0.3 is 5.97 Å². The summed E-state index contributed by atoms with van der Waals surface area (Å²) in [6, 6.07) is 3.61. The van der Waals surface area contributed by atoms with Gasteiger partial charge in [-0.1, -0.05) is 13.0 Å². The highest BCUT2D eigenvalue weighted by molar-refractivity contribution is 5.76. The van der Waals surface area contributed by atoms with Gasteiger partial charge in [0, 0.05) is 0 Å². The molecule has 0 fully saturated rings. The number of ether oxygens (including phenoxy) is 1. The van der Waals surface area contributed by atoms with Crippen LogP contribution in [0.3, 0.4) is 0 Å². The second-order valence-electron chi connectivity index (χ2n) is 4.23. The number of methoxy groups -OCH3 is 1. The van der Waals surface area contributed by atoms with Crippen LogP contribution < -0.4 is 11.1 Å². The number of nitrogens with one attached hydrogen (secondary N) is 1. The van der Waals surface area contributed by atoms with Crippen molar-refractivity contribution in [1.29, 1.82) is 0 Å². The Morgan fingerprint density at radius 1 is 1.58 bits per heavy atom. The highest BCUT2D eigenvalue weighted by Crippen LogP contribution is 2.14. The second-order valence-corrected chi connectivity index (χ2v) is 4.23. The first-order valence-corrected chi connectivity index (χ1v) is 6.03. The summed E-state index contributed by atoms with van der Waals surface area (Å²) in [7, 11) is 1.26. The second kappa shape index (κ2) is 7.06. The smallest absolute Gasteiger partial charge is 0.323 e. The molecule has 1 rings (SSSR count). The lowest BCUT2D eigenvalue weighted by Gasteiger charge is -2.20. The summed E-state index contributed by atoms with van der Waals surface area (Å²) in [4.78, 5) is 11.6. The van der Waals surface area contributed by atoms with E-state index in [0.29, 0.717) is 12.0 Å². The number of halogens is 1. The summed E-state index contributed by atoms with van der Waals surface area (Å²) in [5.41, 5.74) is 6.04. The first kappa shape index (κ1) is 15.4.